The summed E-state index contributed by atoms with van der Waals surface area (Å²) in [5, 5.41) is 8.65. The van der Waals surface area contributed by atoms with Crippen molar-refractivity contribution in [2.75, 3.05) is 0 Å². The molecule has 0 spiro atoms. The summed E-state index contributed by atoms with van der Waals surface area (Å²) < 4.78 is 2.24. The van der Waals surface area contributed by atoms with Crippen molar-refractivity contribution in [3.8, 4) is 39.5 Å². The first kappa shape index (κ1) is 27.5. The molecule has 0 atom stereocenters. The summed E-state index contributed by atoms with van der Waals surface area (Å²) in [6.45, 7) is 0. The van der Waals surface area contributed by atoms with Crippen LogP contribution in [0.5, 0.6) is 0 Å². The second-order valence-electron chi connectivity index (χ2n) is 12.6. The van der Waals surface area contributed by atoms with Gasteiger partial charge in [0.1, 0.15) is 5.82 Å². The molecule has 0 bridgehead atoms. The van der Waals surface area contributed by atoms with Gasteiger partial charge in [0.15, 0.2) is 0 Å². The first-order valence-corrected chi connectivity index (χ1v) is 16.7. The molecular formula is C46H29N3. The average Bonchev–Trinajstić information content (AvgIpc) is 3.58. The lowest BCUT2D eigenvalue weighted by Gasteiger charge is -2.16. The number of rotatable bonds is 4. The van der Waals surface area contributed by atoms with Gasteiger partial charge in [-0.05, 0) is 63.0 Å². The van der Waals surface area contributed by atoms with Crippen LogP contribution < -0.4 is 0 Å². The summed E-state index contributed by atoms with van der Waals surface area (Å²) in [6, 6.07) is 62.4. The summed E-state index contributed by atoms with van der Waals surface area (Å²) in [4.78, 5) is 10.4. The zero-order valence-corrected chi connectivity index (χ0v) is 26.6. The molecule has 3 nitrogen and oxygen atoms in total. The van der Waals surface area contributed by atoms with E-state index in [0.717, 1.165) is 56.0 Å². The van der Waals surface area contributed by atoms with Crippen molar-refractivity contribution in [1.82, 2.24) is 14.5 Å². The molecule has 2 heterocycles. The highest BCUT2D eigenvalue weighted by Crippen LogP contribution is 2.43. The Hall–Kier alpha value is -6.58. The topological polar surface area (TPSA) is 30.7 Å². The van der Waals surface area contributed by atoms with Crippen molar-refractivity contribution in [1.29, 1.82) is 0 Å². The average molecular weight is 624 g/mol. The van der Waals surface area contributed by atoms with Crippen LogP contribution in [-0.2, 0) is 0 Å². The summed E-state index contributed by atoms with van der Waals surface area (Å²) >= 11 is 0. The molecule has 0 aliphatic rings. The van der Waals surface area contributed by atoms with Crippen LogP contribution in [0.1, 0.15) is 0 Å². The molecule has 49 heavy (non-hydrogen) atoms. The lowest BCUT2D eigenvalue weighted by atomic mass is 9.89. The molecule has 10 rings (SSSR count). The highest BCUT2D eigenvalue weighted by molar-refractivity contribution is 6.33. The van der Waals surface area contributed by atoms with Gasteiger partial charge in [-0.15, -0.1) is 0 Å². The zero-order valence-electron chi connectivity index (χ0n) is 26.6. The van der Waals surface area contributed by atoms with Gasteiger partial charge in [-0.25, -0.2) is 9.97 Å². The van der Waals surface area contributed by atoms with Gasteiger partial charge < -0.3 is 0 Å². The number of pyridine rings is 1. The van der Waals surface area contributed by atoms with E-state index >= 15 is 0 Å². The minimum Gasteiger partial charge on any atom is -0.292 e. The van der Waals surface area contributed by atoms with Crippen molar-refractivity contribution in [3.63, 3.8) is 0 Å². The van der Waals surface area contributed by atoms with Gasteiger partial charge in [0, 0.05) is 33.0 Å². The zero-order chi connectivity index (χ0) is 32.3. The number of para-hydroxylation sites is 4. The number of imidazole rings is 1. The number of hydrogen-bond donors (Lipinski definition) is 0. The van der Waals surface area contributed by atoms with Gasteiger partial charge in [-0.1, -0.05) is 146 Å². The Morgan fingerprint density at radius 2 is 0.816 bits per heavy atom. The molecule has 8 aromatic carbocycles. The number of benzene rings is 8. The monoisotopic (exact) mass is 623 g/mol. The van der Waals surface area contributed by atoms with Crippen molar-refractivity contribution >= 4 is 54.3 Å². The summed E-state index contributed by atoms with van der Waals surface area (Å²) in [5.74, 6) is 0.934. The van der Waals surface area contributed by atoms with Crippen LogP contribution in [0.15, 0.2) is 176 Å². The Labute approximate surface area is 283 Å². The molecule has 3 heteroatoms. The van der Waals surface area contributed by atoms with Gasteiger partial charge >= 0.3 is 0 Å². The molecule has 228 valence electrons. The maximum Gasteiger partial charge on any atom is 0.145 e. The van der Waals surface area contributed by atoms with E-state index in [4.69, 9.17) is 9.97 Å². The second-order valence-corrected chi connectivity index (χ2v) is 12.6. The van der Waals surface area contributed by atoms with Crippen LogP contribution >= 0.6 is 0 Å². The number of aromatic nitrogens is 3. The Bertz CT molecular complexity index is 2850. The van der Waals surface area contributed by atoms with Crippen LogP contribution in [-0.4, -0.2) is 14.5 Å². The van der Waals surface area contributed by atoms with E-state index in [0.29, 0.717) is 0 Å². The lowest BCUT2D eigenvalue weighted by Crippen LogP contribution is -1.97. The van der Waals surface area contributed by atoms with E-state index < -0.39 is 0 Å². The Kier molecular flexibility index (Phi) is 6.18. The van der Waals surface area contributed by atoms with Gasteiger partial charge in [0.25, 0.3) is 0 Å². The highest BCUT2D eigenvalue weighted by atomic mass is 15.1. The van der Waals surface area contributed by atoms with Gasteiger partial charge in [-0.3, -0.25) is 4.57 Å². The van der Waals surface area contributed by atoms with Crippen LogP contribution in [0.4, 0.5) is 0 Å². The highest BCUT2D eigenvalue weighted by Gasteiger charge is 2.18. The standard InChI is InChI=1S/C46H29N3/c1-2-12-34(13-3-1)49-42-21-11-10-20-41(42)48-46(49)33-28-24-31(25-29-33)30-22-26-32(27-23-30)45-44-38-17-7-5-15-36(38)35-14-4-6-16-37(35)43(44)39-18-8-9-19-40(39)47-45/h1-29H. The Morgan fingerprint density at radius 3 is 1.49 bits per heavy atom. The Balaban J connectivity index is 1.09. The number of fused-ring (bicyclic) bond motifs is 9. The van der Waals surface area contributed by atoms with Crippen LogP contribution in [0, 0.1) is 0 Å². The lowest BCUT2D eigenvalue weighted by molar-refractivity contribution is 1.10. The SMILES string of the molecule is c1ccc(-n2c(-c3ccc(-c4ccc(-c5nc6ccccc6c6c7ccccc7c7ccccc7c56)cc4)cc3)nc3ccccc32)cc1. The maximum atomic E-state index is 5.32. The molecule has 0 amide bonds. The number of hydrogen-bond acceptors (Lipinski definition) is 2. The molecule has 2 aromatic heterocycles. The van der Waals surface area contributed by atoms with Crippen LogP contribution in [0.3, 0.4) is 0 Å². The Morgan fingerprint density at radius 1 is 0.327 bits per heavy atom. The molecule has 0 saturated carbocycles. The van der Waals surface area contributed by atoms with Crippen molar-refractivity contribution in [2.45, 2.75) is 0 Å². The van der Waals surface area contributed by atoms with Gasteiger partial charge in [0.2, 0.25) is 0 Å². The fourth-order valence-electron chi connectivity index (χ4n) is 7.53. The normalized spacial score (nSPS) is 11.7. The summed E-state index contributed by atoms with van der Waals surface area (Å²) in [6.07, 6.45) is 0. The summed E-state index contributed by atoms with van der Waals surface area (Å²) in [7, 11) is 0. The fourth-order valence-corrected chi connectivity index (χ4v) is 7.53. The van der Waals surface area contributed by atoms with Crippen LogP contribution in [0.2, 0.25) is 0 Å². The van der Waals surface area contributed by atoms with E-state index in [1.807, 2.05) is 12.1 Å². The van der Waals surface area contributed by atoms with E-state index in [-0.39, 0.29) is 0 Å². The maximum absolute atomic E-state index is 5.32. The molecule has 0 saturated heterocycles. The molecule has 0 fully saturated rings. The van der Waals surface area contributed by atoms with Gasteiger partial charge in [0.05, 0.1) is 22.2 Å². The first-order chi connectivity index (χ1) is 24.3. The minimum atomic E-state index is 0.934. The predicted molar refractivity (Wildman–Crippen MR) is 205 cm³/mol. The molecule has 0 aliphatic carbocycles. The van der Waals surface area contributed by atoms with Crippen molar-refractivity contribution < 1.29 is 0 Å². The third-order valence-corrected chi connectivity index (χ3v) is 9.79. The smallest absolute Gasteiger partial charge is 0.145 e. The fraction of sp³-hybridized carbons (Fsp3) is 0. The quantitative estimate of drug-likeness (QED) is 0.183. The molecule has 0 radical (unpaired) electrons. The van der Waals surface area contributed by atoms with Crippen LogP contribution in [0.25, 0.3) is 93.7 Å². The van der Waals surface area contributed by atoms with E-state index in [2.05, 4.69) is 168 Å². The molecule has 0 aliphatic heterocycles. The second kappa shape index (κ2) is 11.0. The minimum absolute atomic E-state index is 0.934. The predicted octanol–water partition coefficient (Wildman–Crippen LogP) is 12.0. The van der Waals surface area contributed by atoms with E-state index in [1.54, 1.807) is 0 Å². The third kappa shape index (κ3) is 4.37. The molecule has 10 aromatic rings. The van der Waals surface area contributed by atoms with E-state index in [1.165, 1.54) is 37.7 Å². The van der Waals surface area contributed by atoms with Gasteiger partial charge in [-0.2, -0.15) is 0 Å². The molecular weight excluding hydrogens is 595 g/mol. The van der Waals surface area contributed by atoms with E-state index in [9.17, 15) is 0 Å². The number of nitrogens with zero attached hydrogens (tertiary/aromatic N) is 3. The van der Waals surface area contributed by atoms with Crippen molar-refractivity contribution in [3.05, 3.63) is 176 Å². The molecule has 0 N–H and O–H groups in total. The van der Waals surface area contributed by atoms with Crippen molar-refractivity contribution in [2.24, 2.45) is 0 Å². The first-order valence-electron chi connectivity index (χ1n) is 16.7. The molecule has 0 unspecified atom stereocenters. The largest absolute Gasteiger partial charge is 0.292 e. The summed E-state index contributed by atoms with van der Waals surface area (Å²) in [5.41, 5.74) is 9.69. The third-order valence-electron chi connectivity index (χ3n) is 9.79.